The van der Waals surface area contributed by atoms with Gasteiger partial charge in [-0.15, -0.1) is 0 Å². The third-order valence-electron chi connectivity index (χ3n) is 12.6. The maximum absolute atomic E-state index is 12.4. The van der Waals surface area contributed by atoms with E-state index in [0.717, 1.165) is 51.4 Å². The quantitative estimate of drug-likeness (QED) is 0.0321. The van der Waals surface area contributed by atoms with Crippen molar-refractivity contribution in [2.24, 2.45) is 0 Å². The van der Waals surface area contributed by atoms with Crippen LogP contribution < -0.4 is 5.32 Å². The summed E-state index contributed by atoms with van der Waals surface area (Å²) < 4.78 is 5.47. The Morgan fingerprint density at radius 1 is 0.429 bits per heavy atom. The number of unbranched alkanes of at least 4 members (excludes halogenated alkanes) is 36. The van der Waals surface area contributed by atoms with Crippen LogP contribution in [0.15, 0.2) is 36.5 Å². The summed E-state index contributed by atoms with van der Waals surface area (Å²) in [5.41, 5.74) is 0. The number of amides is 1. The van der Waals surface area contributed by atoms with E-state index in [1.807, 2.05) is 6.08 Å². The van der Waals surface area contributed by atoms with Crippen LogP contribution in [0.5, 0.6) is 0 Å². The summed E-state index contributed by atoms with van der Waals surface area (Å²) in [5, 5.41) is 23.0. The average Bonchev–Trinajstić information content (AvgIpc) is 3.28. The Bertz CT molecular complexity index is 1020. The van der Waals surface area contributed by atoms with E-state index in [2.05, 4.69) is 43.5 Å². The summed E-state index contributed by atoms with van der Waals surface area (Å²) in [6.45, 7) is 4.87. The van der Waals surface area contributed by atoms with Crippen LogP contribution in [0.4, 0.5) is 0 Å². The van der Waals surface area contributed by atoms with Gasteiger partial charge in [0.15, 0.2) is 0 Å². The van der Waals surface area contributed by atoms with Gasteiger partial charge in [-0.1, -0.05) is 230 Å². The molecule has 0 heterocycles. The Morgan fingerprint density at radius 2 is 0.746 bits per heavy atom. The third kappa shape index (κ3) is 49.4. The first-order valence-corrected chi connectivity index (χ1v) is 27.8. The van der Waals surface area contributed by atoms with Gasteiger partial charge >= 0.3 is 5.97 Å². The van der Waals surface area contributed by atoms with Crippen molar-refractivity contribution in [3.8, 4) is 0 Å². The number of hydrogen-bond donors (Lipinski definition) is 3. The van der Waals surface area contributed by atoms with Gasteiger partial charge in [-0.2, -0.15) is 0 Å². The molecule has 370 valence electrons. The smallest absolute Gasteiger partial charge is 0.305 e. The van der Waals surface area contributed by atoms with Crippen molar-refractivity contribution >= 4 is 11.9 Å². The molecule has 0 saturated carbocycles. The molecule has 0 rings (SSSR count). The zero-order valence-electron chi connectivity index (χ0n) is 42.1. The van der Waals surface area contributed by atoms with E-state index in [1.165, 1.54) is 212 Å². The molecule has 0 aromatic rings. The number of aliphatic hydroxyl groups excluding tert-OH is 2. The summed E-state index contributed by atoms with van der Waals surface area (Å²) in [4.78, 5) is 24.4. The molecule has 0 radical (unpaired) electrons. The van der Waals surface area contributed by atoms with Gasteiger partial charge in [-0.3, -0.25) is 9.59 Å². The number of hydrogen-bond acceptors (Lipinski definition) is 5. The monoisotopic (exact) mass is 886 g/mol. The van der Waals surface area contributed by atoms with E-state index in [0.29, 0.717) is 19.4 Å². The average molecular weight is 886 g/mol. The van der Waals surface area contributed by atoms with Gasteiger partial charge in [0.25, 0.3) is 0 Å². The standard InChI is InChI=1S/C57H107NO5/c1-3-5-7-9-11-13-15-16-27-31-35-39-43-47-51-57(62)63-52-48-44-40-36-32-28-25-23-21-19-17-18-20-22-24-26-30-34-38-42-46-50-56(61)58-54(53-59)55(60)49-45-41-37-33-29-14-12-10-8-6-4-2/h15-16,18,20,45,49,54-55,59-60H,3-14,17,19,21-44,46-48,50-53H2,1-2H3,(H,58,61)/b16-15-,20-18-,49-45+. The lowest BCUT2D eigenvalue weighted by atomic mass is 10.0. The topological polar surface area (TPSA) is 95.9 Å². The minimum atomic E-state index is -0.848. The second-order valence-corrected chi connectivity index (χ2v) is 18.9. The third-order valence-corrected chi connectivity index (χ3v) is 12.6. The van der Waals surface area contributed by atoms with E-state index >= 15 is 0 Å². The Hall–Kier alpha value is -1.92. The highest BCUT2D eigenvalue weighted by Gasteiger charge is 2.18. The zero-order valence-corrected chi connectivity index (χ0v) is 42.1. The molecule has 0 saturated heterocycles. The van der Waals surface area contributed by atoms with Crippen molar-refractivity contribution in [2.75, 3.05) is 13.2 Å². The van der Waals surface area contributed by atoms with Gasteiger partial charge in [0.2, 0.25) is 5.91 Å². The maximum Gasteiger partial charge on any atom is 0.305 e. The van der Waals surface area contributed by atoms with Crippen LogP contribution in [0.2, 0.25) is 0 Å². The highest BCUT2D eigenvalue weighted by molar-refractivity contribution is 5.76. The number of esters is 1. The first-order chi connectivity index (χ1) is 31.0. The molecule has 0 spiro atoms. The second kappa shape index (κ2) is 52.7. The van der Waals surface area contributed by atoms with Crippen LogP contribution in [0.1, 0.15) is 290 Å². The fourth-order valence-electron chi connectivity index (χ4n) is 8.33. The van der Waals surface area contributed by atoms with Crippen molar-refractivity contribution in [1.29, 1.82) is 0 Å². The first-order valence-electron chi connectivity index (χ1n) is 27.8. The molecule has 0 aromatic heterocycles. The minimum absolute atomic E-state index is 0.00152. The summed E-state index contributed by atoms with van der Waals surface area (Å²) in [6.07, 6.45) is 64.5. The van der Waals surface area contributed by atoms with Crippen LogP contribution in [0, 0.1) is 0 Å². The zero-order chi connectivity index (χ0) is 45.8. The van der Waals surface area contributed by atoms with Gasteiger partial charge in [-0.05, 0) is 83.5 Å². The lowest BCUT2D eigenvalue weighted by Crippen LogP contribution is -2.45. The second-order valence-electron chi connectivity index (χ2n) is 18.9. The van der Waals surface area contributed by atoms with Crippen LogP contribution in [0.3, 0.4) is 0 Å². The largest absolute Gasteiger partial charge is 0.466 e. The van der Waals surface area contributed by atoms with Crippen LogP contribution in [-0.2, 0) is 14.3 Å². The molecule has 63 heavy (non-hydrogen) atoms. The van der Waals surface area contributed by atoms with Crippen molar-refractivity contribution < 1.29 is 24.5 Å². The summed E-state index contributed by atoms with van der Waals surface area (Å²) in [7, 11) is 0. The Balaban J connectivity index is 3.44. The predicted molar refractivity (Wildman–Crippen MR) is 273 cm³/mol. The molecular formula is C57H107NO5. The van der Waals surface area contributed by atoms with Crippen LogP contribution >= 0.6 is 0 Å². The highest BCUT2D eigenvalue weighted by atomic mass is 16.5. The molecule has 6 nitrogen and oxygen atoms in total. The van der Waals surface area contributed by atoms with E-state index < -0.39 is 12.1 Å². The molecule has 2 unspecified atom stereocenters. The Labute approximate surface area is 392 Å². The predicted octanol–water partition coefficient (Wildman–Crippen LogP) is 16.9. The fourth-order valence-corrected chi connectivity index (χ4v) is 8.33. The number of carbonyl (C=O) groups excluding carboxylic acids is 2. The molecule has 0 aromatic carbocycles. The molecule has 6 heteroatoms. The molecule has 0 aliphatic rings. The number of nitrogens with one attached hydrogen (secondary N) is 1. The van der Waals surface area contributed by atoms with Crippen LogP contribution in [-0.4, -0.2) is 47.4 Å². The van der Waals surface area contributed by atoms with Gasteiger partial charge in [0.05, 0.1) is 25.4 Å². The SMILES string of the molecule is CCCCCCC/C=C\CCCCCCCC(=O)OCCCCCCCCCCCC/C=C\CCCCCCCCCC(=O)NC(CO)C(O)/C=C/CCCCCCCCCCC. The van der Waals surface area contributed by atoms with E-state index in [4.69, 9.17) is 4.74 Å². The molecule has 1 amide bonds. The highest BCUT2D eigenvalue weighted by Crippen LogP contribution is 2.15. The maximum atomic E-state index is 12.4. The molecule has 0 fully saturated rings. The van der Waals surface area contributed by atoms with Crippen molar-refractivity contribution in [3.63, 3.8) is 0 Å². The number of ether oxygens (including phenoxy) is 1. The summed E-state index contributed by atoms with van der Waals surface area (Å²) in [6, 6.07) is -0.632. The summed E-state index contributed by atoms with van der Waals surface area (Å²) in [5.74, 6) is -0.0791. The molecule has 0 bridgehead atoms. The lowest BCUT2D eigenvalue weighted by molar-refractivity contribution is -0.143. The summed E-state index contributed by atoms with van der Waals surface area (Å²) >= 11 is 0. The molecule has 0 aliphatic heterocycles. The van der Waals surface area contributed by atoms with Gasteiger partial charge in [-0.25, -0.2) is 0 Å². The first kappa shape index (κ1) is 61.1. The van der Waals surface area contributed by atoms with Crippen molar-refractivity contribution in [3.05, 3.63) is 36.5 Å². The molecule has 2 atom stereocenters. The molecular weight excluding hydrogens is 779 g/mol. The van der Waals surface area contributed by atoms with E-state index in [-0.39, 0.29) is 18.5 Å². The Morgan fingerprint density at radius 3 is 1.13 bits per heavy atom. The van der Waals surface area contributed by atoms with Gasteiger partial charge in [0.1, 0.15) is 0 Å². The number of allylic oxidation sites excluding steroid dienone is 5. The fraction of sp³-hybridized carbons (Fsp3) is 0.860. The molecule has 0 aliphatic carbocycles. The van der Waals surface area contributed by atoms with Crippen molar-refractivity contribution in [2.45, 2.75) is 302 Å². The van der Waals surface area contributed by atoms with E-state index in [9.17, 15) is 19.8 Å². The lowest BCUT2D eigenvalue weighted by Gasteiger charge is -2.20. The van der Waals surface area contributed by atoms with Gasteiger partial charge in [0, 0.05) is 12.8 Å². The molecule has 3 N–H and O–H groups in total. The van der Waals surface area contributed by atoms with Gasteiger partial charge < -0.3 is 20.3 Å². The number of carbonyl (C=O) groups is 2. The minimum Gasteiger partial charge on any atom is -0.466 e. The number of aliphatic hydroxyl groups is 2. The van der Waals surface area contributed by atoms with Crippen LogP contribution in [0.25, 0.3) is 0 Å². The Kier molecular flexibility index (Phi) is 51.1. The normalized spacial score (nSPS) is 12.9. The van der Waals surface area contributed by atoms with E-state index in [1.54, 1.807) is 6.08 Å². The van der Waals surface area contributed by atoms with Crippen molar-refractivity contribution in [1.82, 2.24) is 5.32 Å². The number of rotatable bonds is 51.